The summed E-state index contributed by atoms with van der Waals surface area (Å²) in [5.41, 5.74) is 0. The molecule has 1 aromatic carbocycles. The molecular weight excluding hydrogens is 239 g/mol. The third kappa shape index (κ3) is 3.77. The van der Waals surface area contributed by atoms with Crippen molar-refractivity contribution in [2.24, 2.45) is 0 Å². The van der Waals surface area contributed by atoms with Crippen LogP contribution in [0.2, 0.25) is 0 Å². The highest BCUT2D eigenvalue weighted by molar-refractivity contribution is 7.48. The monoisotopic (exact) mass is 252 g/mol. The molecule has 4 nitrogen and oxygen atoms in total. The number of benzene rings is 1. The van der Waals surface area contributed by atoms with Gasteiger partial charge in [-0.1, -0.05) is 30.4 Å². The van der Waals surface area contributed by atoms with Crippen molar-refractivity contribution in [1.82, 2.24) is 0 Å². The summed E-state index contributed by atoms with van der Waals surface area (Å²) in [5.74, 6) is 0.777. The van der Waals surface area contributed by atoms with Crippen LogP contribution in [0.15, 0.2) is 54.3 Å². The molecule has 1 atom stereocenters. The first-order valence-electron chi connectivity index (χ1n) is 5.28. The van der Waals surface area contributed by atoms with Gasteiger partial charge >= 0.3 is 7.82 Å². The largest absolute Gasteiger partial charge is 0.584 e. The van der Waals surface area contributed by atoms with Crippen molar-refractivity contribution in [3.8, 4) is 5.75 Å². The predicted molar refractivity (Wildman–Crippen MR) is 64.4 cm³/mol. The van der Waals surface area contributed by atoms with Gasteiger partial charge in [-0.2, -0.15) is 0 Å². The molecule has 0 spiro atoms. The number of para-hydroxylation sites is 1. The summed E-state index contributed by atoms with van der Waals surface area (Å²) >= 11 is 0. The van der Waals surface area contributed by atoms with E-state index in [9.17, 15) is 9.46 Å². The van der Waals surface area contributed by atoms with Gasteiger partial charge in [0.05, 0.1) is 0 Å². The van der Waals surface area contributed by atoms with E-state index in [-0.39, 0.29) is 0 Å². The number of phosphoric acid groups is 1. The van der Waals surface area contributed by atoms with Crippen molar-refractivity contribution < 1.29 is 18.5 Å². The lowest BCUT2D eigenvalue weighted by Crippen LogP contribution is -1.99. The first-order chi connectivity index (χ1) is 8.16. The van der Waals surface area contributed by atoms with Gasteiger partial charge in [-0.3, -0.25) is 4.89 Å². The summed E-state index contributed by atoms with van der Waals surface area (Å²) in [5, 5.41) is 0. The molecule has 0 amide bonds. The third-order valence-electron chi connectivity index (χ3n) is 2.17. The van der Waals surface area contributed by atoms with Gasteiger partial charge in [0, 0.05) is 6.42 Å². The summed E-state index contributed by atoms with van der Waals surface area (Å²) in [6.07, 6.45) is 6.84. The Morgan fingerprint density at radius 1 is 1.18 bits per heavy atom. The topological polar surface area (TPSA) is 55.8 Å². The van der Waals surface area contributed by atoms with E-state index in [2.05, 4.69) is 0 Å². The molecule has 0 saturated carbocycles. The normalized spacial score (nSPS) is 18.1. The molecule has 1 aromatic rings. The molecule has 1 unspecified atom stereocenters. The van der Waals surface area contributed by atoms with Crippen LogP contribution in [0.5, 0.6) is 5.75 Å². The van der Waals surface area contributed by atoms with Crippen LogP contribution in [-0.4, -0.2) is 4.89 Å². The highest BCUT2D eigenvalue weighted by atomic mass is 31.2. The van der Waals surface area contributed by atoms with Gasteiger partial charge < -0.3 is 9.05 Å². The quantitative estimate of drug-likeness (QED) is 0.834. The number of rotatable bonds is 4. The lowest BCUT2D eigenvalue weighted by Gasteiger charge is -2.16. The fourth-order valence-corrected chi connectivity index (χ4v) is 2.31. The van der Waals surface area contributed by atoms with Gasteiger partial charge in [0.25, 0.3) is 0 Å². The molecule has 1 N–H and O–H groups in total. The highest BCUT2D eigenvalue weighted by Crippen LogP contribution is 2.46. The Morgan fingerprint density at radius 3 is 2.59 bits per heavy atom. The molecular formula is C12H13O4P. The zero-order valence-electron chi connectivity index (χ0n) is 9.15. The van der Waals surface area contributed by atoms with E-state index in [1.807, 2.05) is 6.08 Å². The first-order valence-corrected chi connectivity index (χ1v) is 6.78. The van der Waals surface area contributed by atoms with Crippen molar-refractivity contribution in [3.05, 3.63) is 54.3 Å². The Bertz CT molecular complexity index is 479. The third-order valence-corrected chi connectivity index (χ3v) is 3.08. The smallest absolute Gasteiger partial charge is 0.400 e. The van der Waals surface area contributed by atoms with E-state index in [4.69, 9.17) is 9.05 Å². The maximum absolute atomic E-state index is 11.7. The highest BCUT2D eigenvalue weighted by Gasteiger charge is 2.25. The Morgan fingerprint density at radius 2 is 1.94 bits per heavy atom. The van der Waals surface area contributed by atoms with Crippen molar-refractivity contribution >= 4 is 7.82 Å². The fourth-order valence-electron chi connectivity index (χ4n) is 1.44. The molecule has 0 bridgehead atoms. The van der Waals surface area contributed by atoms with Crippen LogP contribution in [0.4, 0.5) is 0 Å². The lowest BCUT2D eigenvalue weighted by atomic mass is 10.2. The Hall–Kier alpha value is -1.51. The minimum Gasteiger partial charge on any atom is -0.400 e. The summed E-state index contributed by atoms with van der Waals surface area (Å²) in [6, 6.07) is 8.43. The fraction of sp³-hybridized carbons (Fsp3) is 0.167. The summed E-state index contributed by atoms with van der Waals surface area (Å²) in [4.78, 5) is 9.57. The molecule has 1 aliphatic carbocycles. The van der Waals surface area contributed by atoms with E-state index in [1.54, 1.807) is 42.5 Å². The van der Waals surface area contributed by atoms with Gasteiger partial charge in [-0.25, -0.2) is 4.57 Å². The zero-order valence-corrected chi connectivity index (χ0v) is 10.0. The second-order valence-corrected chi connectivity index (χ2v) is 4.87. The molecule has 0 radical (unpaired) electrons. The first kappa shape index (κ1) is 12.0. The number of allylic oxidation sites excluding steroid dienone is 4. The minimum absolute atomic E-state index is 0.310. The van der Waals surface area contributed by atoms with Gasteiger partial charge in [0.15, 0.2) is 0 Å². The molecule has 1 aliphatic rings. The van der Waals surface area contributed by atoms with Crippen LogP contribution >= 0.6 is 7.82 Å². The molecule has 2 rings (SSSR count). The lowest BCUT2D eigenvalue weighted by molar-refractivity contribution is 0.243. The Labute approximate surface area is 99.8 Å². The van der Waals surface area contributed by atoms with Crippen LogP contribution < -0.4 is 4.52 Å². The van der Waals surface area contributed by atoms with Crippen LogP contribution in [0.3, 0.4) is 0 Å². The predicted octanol–water partition coefficient (Wildman–Crippen LogP) is 3.42. The van der Waals surface area contributed by atoms with Crippen LogP contribution in [-0.2, 0) is 9.09 Å². The molecule has 0 aliphatic heterocycles. The Balaban J connectivity index is 2.02. The molecule has 17 heavy (non-hydrogen) atoms. The maximum atomic E-state index is 11.7. The van der Waals surface area contributed by atoms with E-state index in [1.165, 1.54) is 0 Å². The van der Waals surface area contributed by atoms with Crippen molar-refractivity contribution in [2.75, 3.05) is 0 Å². The maximum Gasteiger partial charge on any atom is 0.584 e. The molecule has 0 saturated heterocycles. The SMILES string of the molecule is O=P(O)(OC1=CC=CCC1)Oc1ccccc1. The van der Waals surface area contributed by atoms with Gasteiger partial charge in [0.2, 0.25) is 0 Å². The number of phosphoric ester groups is 1. The Kier molecular flexibility index (Phi) is 3.67. The van der Waals surface area contributed by atoms with Gasteiger partial charge in [-0.15, -0.1) is 0 Å². The van der Waals surface area contributed by atoms with E-state index in [0.29, 0.717) is 17.9 Å². The average molecular weight is 252 g/mol. The van der Waals surface area contributed by atoms with Crippen molar-refractivity contribution in [3.63, 3.8) is 0 Å². The number of hydrogen-bond donors (Lipinski definition) is 1. The summed E-state index contributed by atoms with van der Waals surface area (Å²) < 4.78 is 21.6. The van der Waals surface area contributed by atoms with Crippen LogP contribution in [0.25, 0.3) is 0 Å². The van der Waals surface area contributed by atoms with E-state index >= 15 is 0 Å². The summed E-state index contributed by atoms with van der Waals surface area (Å²) in [7, 11) is -4.09. The van der Waals surface area contributed by atoms with Gasteiger partial charge in [0.1, 0.15) is 11.5 Å². The number of hydrogen-bond acceptors (Lipinski definition) is 3. The van der Waals surface area contributed by atoms with E-state index < -0.39 is 7.82 Å². The molecule has 5 heteroatoms. The molecule has 0 fully saturated rings. The average Bonchev–Trinajstić information content (AvgIpc) is 2.30. The van der Waals surface area contributed by atoms with Crippen molar-refractivity contribution in [2.45, 2.75) is 12.8 Å². The van der Waals surface area contributed by atoms with Crippen molar-refractivity contribution in [1.29, 1.82) is 0 Å². The standard InChI is InChI=1S/C12H13O4P/c13-17(14,15-11-7-3-1-4-8-11)16-12-9-5-2-6-10-12/h1-5,7-9H,6,10H2,(H,13,14). The second kappa shape index (κ2) is 5.21. The molecule has 90 valence electrons. The van der Waals surface area contributed by atoms with Gasteiger partial charge in [-0.05, 0) is 24.6 Å². The molecule has 0 aromatic heterocycles. The van der Waals surface area contributed by atoms with Crippen LogP contribution in [0, 0.1) is 0 Å². The second-order valence-electron chi connectivity index (χ2n) is 3.56. The van der Waals surface area contributed by atoms with E-state index in [0.717, 1.165) is 6.42 Å². The zero-order chi connectivity index (χ0) is 12.1. The minimum atomic E-state index is -4.09. The van der Waals surface area contributed by atoms with Crippen LogP contribution in [0.1, 0.15) is 12.8 Å². The summed E-state index contributed by atoms with van der Waals surface area (Å²) in [6.45, 7) is 0. The molecule has 0 heterocycles.